The van der Waals surface area contributed by atoms with Crippen molar-refractivity contribution in [1.82, 2.24) is 9.78 Å². The Morgan fingerprint density at radius 2 is 2.33 bits per heavy atom. The van der Waals surface area contributed by atoms with E-state index >= 15 is 0 Å². The Bertz CT molecular complexity index is 411. The minimum absolute atomic E-state index is 0.0888. The molecular formula is C14H24BrN3. The van der Waals surface area contributed by atoms with Crippen LogP contribution in [0.2, 0.25) is 0 Å². The number of aromatic nitrogens is 2. The minimum atomic E-state index is 0.0888. The van der Waals surface area contributed by atoms with Crippen LogP contribution in [0.1, 0.15) is 58.2 Å². The first-order valence-electron chi connectivity index (χ1n) is 6.94. The molecule has 0 saturated heterocycles. The number of nitrogens with zero attached hydrogens (tertiary/aromatic N) is 2. The topological polar surface area (TPSA) is 43.8 Å². The minimum Gasteiger partial charge on any atom is -0.322 e. The van der Waals surface area contributed by atoms with Crippen molar-refractivity contribution < 1.29 is 0 Å². The molecule has 1 aromatic heterocycles. The molecule has 4 heteroatoms. The van der Waals surface area contributed by atoms with E-state index in [1.165, 1.54) is 25.0 Å². The molecule has 2 unspecified atom stereocenters. The molecule has 0 spiro atoms. The highest BCUT2D eigenvalue weighted by Gasteiger charge is 2.40. The van der Waals surface area contributed by atoms with E-state index in [9.17, 15) is 0 Å². The number of hydrogen-bond acceptors (Lipinski definition) is 2. The molecule has 0 amide bonds. The summed E-state index contributed by atoms with van der Waals surface area (Å²) in [5.74, 6) is 0.557. The molecular weight excluding hydrogens is 290 g/mol. The van der Waals surface area contributed by atoms with Crippen LogP contribution in [0.4, 0.5) is 0 Å². The second kappa shape index (κ2) is 5.33. The zero-order valence-electron chi connectivity index (χ0n) is 11.6. The van der Waals surface area contributed by atoms with Crippen LogP contribution in [0, 0.1) is 11.3 Å². The Kier molecular flexibility index (Phi) is 4.17. The molecule has 0 bridgehead atoms. The van der Waals surface area contributed by atoms with Crippen LogP contribution in [0.15, 0.2) is 10.7 Å². The smallest absolute Gasteiger partial charge is 0.0696 e. The third-order valence-corrected chi connectivity index (χ3v) is 4.97. The predicted octanol–water partition coefficient (Wildman–Crippen LogP) is 3.88. The number of halogens is 1. The normalized spacial score (nSPS) is 24.4. The first kappa shape index (κ1) is 14.1. The van der Waals surface area contributed by atoms with Gasteiger partial charge in [-0.15, -0.1) is 0 Å². The molecule has 2 rings (SSSR count). The van der Waals surface area contributed by atoms with Crippen LogP contribution >= 0.6 is 15.9 Å². The summed E-state index contributed by atoms with van der Waals surface area (Å²) in [6, 6.07) is 0.0888. The number of nitrogens with two attached hydrogens (primary N) is 1. The maximum Gasteiger partial charge on any atom is 0.0696 e. The van der Waals surface area contributed by atoms with Gasteiger partial charge in [0, 0.05) is 6.54 Å². The lowest BCUT2D eigenvalue weighted by molar-refractivity contribution is 0.215. The summed E-state index contributed by atoms with van der Waals surface area (Å²) in [7, 11) is 0. The van der Waals surface area contributed by atoms with Gasteiger partial charge < -0.3 is 5.73 Å². The van der Waals surface area contributed by atoms with Gasteiger partial charge in [-0.25, -0.2) is 0 Å². The number of aryl methyl sites for hydroxylation is 1. The van der Waals surface area contributed by atoms with Crippen LogP contribution in [0.25, 0.3) is 0 Å². The van der Waals surface area contributed by atoms with Crippen LogP contribution in [-0.4, -0.2) is 9.78 Å². The highest BCUT2D eigenvalue weighted by molar-refractivity contribution is 9.10. The quantitative estimate of drug-likeness (QED) is 0.916. The molecule has 0 aromatic carbocycles. The van der Waals surface area contributed by atoms with E-state index in [4.69, 9.17) is 5.73 Å². The van der Waals surface area contributed by atoms with Crippen molar-refractivity contribution in [2.75, 3.05) is 0 Å². The summed E-state index contributed by atoms with van der Waals surface area (Å²) in [6.45, 7) is 7.81. The molecule has 2 N–H and O–H groups in total. The van der Waals surface area contributed by atoms with E-state index in [-0.39, 0.29) is 6.04 Å². The molecule has 3 nitrogen and oxygen atoms in total. The summed E-state index contributed by atoms with van der Waals surface area (Å²) in [6.07, 6.45) is 6.78. The Balaban J connectivity index is 2.28. The van der Waals surface area contributed by atoms with Gasteiger partial charge in [0.1, 0.15) is 0 Å². The first-order valence-corrected chi connectivity index (χ1v) is 7.73. The second-order valence-corrected chi connectivity index (χ2v) is 6.97. The summed E-state index contributed by atoms with van der Waals surface area (Å²) in [5.41, 5.74) is 8.09. The molecule has 102 valence electrons. The van der Waals surface area contributed by atoms with E-state index < -0.39 is 0 Å². The van der Waals surface area contributed by atoms with Gasteiger partial charge >= 0.3 is 0 Å². The highest BCUT2D eigenvalue weighted by atomic mass is 79.9. The van der Waals surface area contributed by atoms with Crippen molar-refractivity contribution in [2.45, 2.75) is 59.0 Å². The summed E-state index contributed by atoms with van der Waals surface area (Å²) >= 11 is 3.61. The molecule has 1 aliphatic rings. The average molecular weight is 314 g/mol. The fraction of sp³-hybridized carbons (Fsp3) is 0.786. The fourth-order valence-corrected chi connectivity index (χ4v) is 3.86. The molecule has 0 aliphatic heterocycles. The predicted molar refractivity (Wildman–Crippen MR) is 78.3 cm³/mol. The summed E-state index contributed by atoms with van der Waals surface area (Å²) in [4.78, 5) is 0. The van der Waals surface area contributed by atoms with Gasteiger partial charge in [0.15, 0.2) is 0 Å². The Morgan fingerprint density at radius 1 is 1.61 bits per heavy atom. The summed E-state index contributed by atoms with van der Waals surface area (Å²) in [5, 5.41) is 4.44. The van der Waals surface area contributed by atoms with Crippen molar-refractivity contribution in [2.24, 2.45) is 17.1 Å². The Hall–Kier alpha value is -0.350. The molecule has 1 aromatic rings. The molecule has 2 atom stereocenters. The van der Waals surface area contributed by atoms with Gasteiger partial charge in [0.25, 0.3) is 0 Å². The zero-order chi connectivity index (χ0) is 13.3. The molecule has 1 fully saturated rings. The van der Waals surface area contributed by atoms with Gasteiger partial charge in [-0.2, -0.15) is 5.10 Å². The second-order valence-electron chi connectivity index (χ2n) is 6.11. The SMILES string of the molecule is CCCn1ncc(Br)c1C(N)C1CCCC1(C)C. The number of rotatable bonds is 4. The van der Waals surface area contributed by atoms with Gasteiger partial charge in [-0.1, -0.05) is 27.2 Å². The van der Waals surface area contributed by atoms with Crippen molar-refractivity contribution in [3.8, 4) is 0 Å². The third kappa shape index (κ3) is 2.50. The van der Waals surface area contributed by atoms with Crippen molar-refractivity contribution in [3.05, 3.63) is 16.4 Å². The average Bonchev–Trinajstić information content (AvgIpc) is 2.82. The molecule has 1 aliphatic carbocycles. The van der Waals surface area contributed by atoms with Crippen LogP contribution in [0.3, 0.4) is 0 Å². The first-order chi connectivity index (χ1) is 8.47. The maximum atomic E-state index is 6.56. The van der Waals surface area contributed by atoms with Crippen LogP contribution in [0.5, 0.6) is 0 Å². The van der Waals surface area contributed by atoms with Gasteiger partial charge in [-0.05, 0) is 46.5 Å². The highest BCUT2D eigenvalue weighted by Crippen LogP contribution is 2.48. The fourth-order valence-electron chi connectivity index (χ4n) is 3.30. The Labute approximate surface area is 118 Å². The molecule has 0 radical (unpaired) electrons. The lowest BCUT2D eigenvalue weighted by atomic mass is 9.77. The largest absolute Gasteiger partial charge is 0.322 e. The Morgan fingerprint density at radius 3 is 2.89 bits per heavy atom. The van der Waals surface area contributed by atoms with Gasteiger partial charge in [-0.3, -0.25) is 4.68 Å². The van der Waals surface area contributed by atoms with Crippen molar-refractivity contribution >= 4 is 15.9 Å². The van der Waals surface area contributed by atoms with Crippen LogP contribution in [-0.2, 0) is 6.54 Å². The van der Waals surface area contributed by atoms with Crippen LogP contribution < -0.4 is 5.73 Å². The van der Waals surface area contributed by atoms with E-state index in [0.29, 0.717) is 11.3 Å². The van der Waals surface area contributed by atoms with Crippen molar-refractivity contribution in [1.29, 1.82) is 0 Å². The van der Waals surface area contributed by atoms with E-state index in [1.54, 1.807) is 0 Å². The van der Waals surface area contributed by atoms with Gasteiger partial charge in [0.2, 0.25) is 0 Å². The molecule has 18 heavy (non-hydrogen) atoms. The van der Waals surface area contributed by atoms with E-state index in [1.807, 2.05) is 6.20 Å². The van der Waals surface area contributed by atoms with E-state index in [2.05, 4.69) is 46.5 Å². The monoisotopic (exact) mass is 313 g/mol. The lowest BCUT2D eigenvalue weighted by Gasteiger charge is -2.32. The summed E-state index contributed by atoms with van der Waals surface area (Å²) < 4.78 is 3.13. The van der Waals surface area contributed by atoms with E-state index in [0.717, 1.165) is 17.4 Å². The zero-order valence-corrected chi connectivity index (χ0v) is 13.2. The molecule has 1 heterocycles. The standard InChI is InChI=1S/C14H24BrN3/c1-4-8-18-13(11(15)9-17-18)12(16)10-6-5-7-14(10,2)3/h9-10,12H,4-8,16H2,1-3H3. The number of hydrogen-bond donors (Lipinski definition) is 1. The van der Waals surface area contributed by atoms with Crippen molar-refractivity contribution in [3.63, 3.8) is 0 Å². The lowest BCUT2D eigenvalue weighted by Crippen LogP contribution is -2.31. The third-order valence-electron chi connectivity index (χ3n) is 4.36. The molecule has 1 saturated carbocycles. The van der Waals surface area contributed by atoms with Gasteiger partial charge in [0.05, 0.1) is 22.4 Å². The maximum absolute atomic E-state index is 6.56.